The summed E-state index contributed by atoms with van der Waals surface area (Å²) in [7, 11) is 0. The molecule has 11 nitrogen and oxygen atoms in total. The summed E-state index contributed by atoms with van der Waals surface area (Å²) in [4.78, 5) is 22.0. The lowest BCUT2D eigenvalue weighted by atomic mass is 10.3. The Labute approximate surface area is 167 Å². The molecule has 3 aromatic heterocycles. The molecule has 0 radical (unpaired) electrons. The van der Waals surface area contributed by atoms with Crippen LogP contribution >= 0.6 is 0 Å². The fraction of sp³-hybridized carbons (Fsp3) is 0.375. The van der Waals surface area contributed by atoms with E-state index >= 15 is 0 Å². The molecular weight excluding hydrogens is 409 g/mol. The topological polar surface area (TPSA) is 126 Å². The van der Waals surface area contributed by atoms with Crippen LogP contribution in [0.25, 0.3) is 0 Å². The molecular formula is C16H17F3N8O3. The average Bonchev–Trinajstić information content (AvgIpc) is 3.35. The van der Waals surface area contributed by atoms with Crippen LogP contribution in [-0.4, -0.2) is 40.2 Å². The van der Waals surface area contributed by atoms with E-state index < -0.39 is 34.9 Å². The van der Waals surface area contributed by atoms with E-state index in [1.165, 1.54) is 6.20 Å². The Balaban J connectivity index is 1.69. The first-order valence-electron chi connectivity index (χ1n) is 8.71. The third-order valence-corrected chi connectivity index (χ3v) is 4.19. The maximum Gasteiger partial charge on any atom is 0.442 e. The number of nitro groups is 1. The number of hydrogen-bond donors (Lipinski definition) is 1. The molecule has 0 aliphatic heterocycles. The van der Waals surface area contributed by atoms with Crippen LogP contribution in [-0.2, 0) is 30.6 Å². The lowest BCUT2D eigenvalue weighted by Gasteiger charge is -2.04. The molecule has 3 rings (SSSR count). The third-order valence-electron chi connectivity index (χ3n) is 4.19. The number of nitrogens with zero attached hydrogens (tertiary/aromatic N) is 7. The normalized spacial score (nSPS) is 11.6. The second kappa shape index (κ2) is 7.96. The number of nitrogens with one attached hydrogen (secondary N) is 1. The van der Waals surface area contributed by atoms with Crippen LogP contribution in [0.15, 0.2) is 24.8 Å². The van der Waals surface area contributed by atoms with E-state index in [2.05, 4.69) is 20.6 Å². The van der Waals surface area contributed by atoms with Gasteiger partial charge in [-0.25, -0.2) is 0 Å². The number of anilines is 1. The molecule has 3 heterocycles. The van der Waals surface area contributed by atoms with Crippen molar-refractivity contribution in [2.45, 2.75) is 39.7 Å². The Kier molecular flexibility index (Phi) is 5.58. The van der Waals surface area contributed by atoms with Crippen molar-refractivity contribution in [3.05, 3.63) is 51.9 Å². The molecule has 0 fully saturated rings. The zero-order valence-electron chi connectivity index (χ0n) is 15.9. The SMILES string of the molecule is CCn1cc(Cn2cc(NC(=O)Cn3nc(C(F)(F)F)c([N+](=O)[O-])c3C)cn2)cn1. The van der Waals surface area contributed by atoms with Crippen molar-refractivity contribution in [3.63, 3.8) is 0 Å². The molecule has 30 heavy (non-hydrogen) atoms. The zero-order chi connectivity index (χ0) is 22.1. The number of carbonyl (C=O) groups is 1. The monoisotopic (exact) mass is 426 g/mol. The van der Waals surface area contributed by atoms with Crippen LogP contribution < -0.4 is 5.32 Å². The van der Waals surface area contributed by atoms with Crippen molar-refractivity contribution >= 4 is 17.3 Å². The second-order valence-corrected chi connectivity index (χ2v) is 6.37. The number of hydrogen-bond acceptors (Lipinski definition) is 6. The van der Waals surface area contributed by atoms with Gasteiger partial charge in [-0.3, -0.25) is 29.0 Å². The molecule has 0 saturated heterocycles. The predicted octanol–water partition coefficient (Wildman–Crippen LogP) is 2.22. The van der Waals surface area contributed by atoms with Gasteiger partial charge in [0.2, 0.25) is 11.6 Å². The molecule has 160 valence electrons. The minimum absolute atomic E-state index is 0.318. The molecule has 0 saturated carbocycles. The summed E-state index contributed by atoms with van der Waals surface area (Å²) in [5.41, 5.74) is -1.96. The van der Waals surface area contributed by atoms with Gasteiger partial charge in [-0.15, -0.1) is 0 Å². The Hall–Kier alpha value is -3.71. The van der Waals surface area contributed by atoms with Crippen LogP contribution in [0, 0.1) is 17.0 Å². The summed E-state index contributed by atoms with van der Waals surface area (Å²) in [5, 5.41) is 24.9. The van der Waals surface area contributed by atoms with Gasteiger partial charge in [0.25, 0.3) is 0 Å². The molecule has 1 amide bonds. The number of aromatic nitrogens is 6. The van der Waals surface area contributed by atoms with Crippen molar-refractivity contribution in [2.24, 2.45) is 0 Å². The lowest BCUT2D eigenvalue weighted by Crippen LogP contribution is -2.20. The Bertz CT molecular complexity index is 1080. The lowest BCUT2D eigenvalue weighted by molar-refractivity contribution is -0.388. The largest absolute Gasteiger partial charge is 0.442 e. The van der Waals surface area contributed by atoms with Gasteiger partial charge in [-0.05, 0) is 13.8 Å². The molecule has 14 heteroatoms. The number of alkyl halides is 3. The van der Waals surface area contributed by atoms with Crippen LogP contribution in [0.5, 0.6) is 0 Å². The van der Waals surface area contributed by atoms with E-state index in [1.54, 1.807) is 21.8 Å². The fourth-order valence-corrected chi connectivity index (χ4v) is 2.80. The summed E-state index contributed by atoms with van der Waals surface area (Å²) < 4.78 is 42.9. The Morgan fingerprint density at radius 2 is 1.93 bits per heavy atom. The summed E-state index contributed by atoms with van der Waals surface area (Å²) >= 11 is 0. The summed E-state index contributed by atoms with van der Waals surface area (Å²) in [6.07, 6.45) is 1.45. The highest BCUT2D eigenvalue weighted by Crippen LogP contribution is 2.36. The van der Waals surface area contributed by atoms with Gasteiger partial charge in [0, 0.05) is 24.5 Å². The van der Waals surface area contributed by atoms with E-state index in [9.17, 15) is 28.1 Å². The van der Waals surface area contributed by atoms with Gasteiger partial charge >= 0.3 is 11.9 Å². The number of carbonyl (C=O) groups excluding carboxylic acids is 1. The smallest absolute Gasteiger partial charge is 0.322 e. The minimum Gasteiger partial charge on any atom is -0.322 e. The van der Waals surface area contributed by atoms with Gasteiger partial charge in [-0.2, -0.15) is 28.5 Å². The first-order chi connectivity index (χ1) is 14.1. The van der Waals surface area contributed by atoms with E-state index in [1.807, 2.05) is 13.1 Å². The van der Waals surface area contributed by atoms with Gasteiger partial charge in [0.05, 0.1) is 29.5 Å². The van der Waals surface area contributed by atoms with Gasteiger partial charge < -0.3 is 5.32 Å². The first-order valence-corrected chi connectivity index (χ1v) is 8.71. The van der Waals surface area contributed by atoms with E-state index in [0.29, 0.717) is 16.9 Å². The summed E-state index contributed by atoms with van der Waals surface area (Å²) in [6.45, 7) is 3.56. The molecule has 0 atom stereocenters. The number of aryl methyl sites for hydroxylation is 1. The van der Waals surface area contributed by atoms with Crippen molar-refractivity contribution < 1.29 is 22.9 Å². The van der Waals surface area contributed by atoms with Crippen LogP contribution in [0.2, 0.25) is 0 Å². The van der Waals surface area contributed by atoms with Crippen molar-refractivity contribution in [1.82, 2.24) is 29.3 Å². The van der Waals surface area contributed by atoms with E-state index in [0.717, 1.165) is 19.0 Å². The standard InChI is InChI=1S/C16H17F3N8O3/c1-3-24-6-11(4-20-24)7-25-8-12(5-21-25)22-13(28)9-26-10(2)14(27(29)30)15(23-26)16(17,18)19/h4-6,8H,3,7,9H2,1-2H3,(H,22,28). The second-order valence-electron chi connectivity index (χ2n) is 6.37. The quantitative estimate of drug-likeness (QED) is 0.456. The van der Waals surface area contributed by atoms with Gasteiger partial charge in [0.1, 0.15) is 12.2 Å². The maximum atomic E-state index is 13.0. The molecule has 0 bridgehead atoms. The maximum absolute atomic E-state index is 13.0. The highest BCUT2D eigenvalue weighted by Gasteiger charge is 2.44. The number of rotatable bonds is 7. The van der Waals surface area contributed by atoms with Gasteiger partial charge in [-0.1, -0.05) is 0 Å². The minimum atomic E-state index is -5.01. The molecule has 0 spiro atoms. The fourth-order valence-electron chi connectivity index (χ4n) is 2.80. The number of amides is 1. The molecule has 0 aliphatic carbocycles. The summed E-state index contributed by atoms with van der Waals surface area (Å²) in [6, 6.07) is 0. The molecule has 1 N–H and O–H groups in total. The average molecular weight is 426 g/mol. The Morgan fingerprint density at radius 3 is 2.50 bits per heavy atom. The van der Waals surface area contributed by atoms with Crippen LogP contribution in [0.4, 0.5) is 24.5 Å². The Morgan fingerprint density at radius 1 is 1.23 bits per heavy atom. The first kappa shape index (κ1) is 21.0. The van der Waals surface area contributed by atoms with Crippen LogP contribution in [0.3, 0.4) is 0 Å². The predicted molar refractivity (Wildman–Crippen MR) is 96.5 cm³/mol. The molecule has 0 unspecified atom stereocenters. The third kappa shape index (κ3) is 4.47. The highest BCUT2D eigenvalue weighted by atomic mass is 19.4. The number of halogens is 3. The molecule has 3 aromatic rings. The van der Waals surface area contributed by atoms with Crippen molar-refractivity contribution in [3.8, 4) is 0 Å². The van der Waals surface area contributed by atoms with Crippen LogP contribution in [0.1, 0.15) is 23.9 Å². The molecule has 0 aromatic carbocycles. The van der Waals surface area contributed by atoms with E-state index in [-0.39, 0.29) is 5.69 Å². The highest BCUT2D eigenvalue weighted by molar-refractivity contribution is 5.90. The van der Waals surface area contributed by atoms with Crippen molar-refractivity contribution in [1.29, 1.82) is 0 Å². The zero-order valence-corrected chi connectivity index (χ0v) is 15.9. The van der Waals surface area contributed by atoms with Gasteiger partial charge in [0.15, 0.2) is 0 Å². The molecule has 0 aliphatic rings. The van der Waals surface area contributed by atoms with Crippen molar-refractivity contribution in [2.75, 3.05) is 5.32 Å². The summed E-state index contributed by atoms with van der Waals surface area (Å²) in [5.74, 6) is -0.706. The van der Waals surface area contributed by atoms with E-state index in [4.69, 9.17) is 0 Å².